The molecule has 0 bridgehead atoms. The van der Waals surface area contributed by atoms with Crippen LogP contribution in [0.15, 0.2) is 5.18 Å². The highest BCUT2D eigenvalue weighted by molar-refractivity contribution is 5.74. The molecule has 0 aromatic carbocycles. The first-order chi connectivity index (χ1) is 5.66. The Morgan fingerprint density at radius 2 is 2.33 bits per heavy atom. The molecule has 6 heteroatoms. The van der Waals surface area contributed by atoms with Crippen LogP contribution in [0.1, 0.15) is 12.8 Å². The van der Waals surface area contributed by atoms with Crippen molar-refractivity contribution in [3.05, 3.63) is 4.91 Å². The number of piperidine rings is 1. The number of halogens is 1. The lowest BCUT2D eigenvalue weighted by molar-refractivity contribution is -0.155. The van der Waals surface area contributed by atoms with Crippen molar-refractivity contribution in [1.82, 2.24) is 5.12 Å². The van der Waals surface area contributed by atoms with Gasteiger partial charge in [0.05, 0.1) is 0 Å². The molecule has 1 heterocycles. The lowest BCUT2D eigenvalue weighted by atomic mass is 9.99. The fraction of sp³-hybridized carbons (Fsp3) is 0.833. The van der Waals surface area contributed by atoms with E-state index in [4.69, 9.17) is 5.11 Å². The van der Waals surface area contributed by atoms with Gasteiger partial charge in [0.25, 0.3) is 0 Å². The van der Waals surface area contributed by atoms with Crippen LogP contribution in [-0.4, -0.2) is 34.8 Å². The second-order valence-electron chi connectivity index (χ2n) is 2.72. The van der Waals surface area contributed by atoms with Gasteiger partial charge < -0.3 is 5.11 Å². The van der Waals surface area contributed by atoms with Crippen molar-refractivity contribution in [1.29, 1.82) is 0 Å². The molecule has 0 amide bonds. The van der Waals surface area contributed by atoms with E-state index >= 15 is 0 Å². The standard InChI is InChI=1S/C6H9FN2O3/c7-9-3-1-2-4(8-12)5(9)6(10)11/h4-5H,1-3H2,(H,10,11). The maximum atomic E-state index is 12.8. The summed E-state index contributed by atoms with van der Waals surface area (Å²) in [5, 5.41) is 11.3. The first-order valence-electron chi connectivity index (χ1n) is 3.64. The Morgan fingerprint density at radius 1 is 1.67 bits per heavy atom. The molecule has 0 saturated carbocycles. The van der Waals surface area contributed by atoms with Gasteiger partial charge >= 0.3 is 5.97 Å². The van der Waals surface area contributed by atoms with Crippen LogP contribution in [0.25, 0.3) is 0 Å². The number of aliphatic carboxylic acids is 1. The van der Waals surface area contributed by atoms with Gasteiger partial charge in [0.1, 0.15) is 6.04 Å². The Morgan fingerprint density at radius 3 is 2.75 bits per heavy atom. The number of nitroso groups, excluding NO2 is 1. The Balaban J connectivity index is 2.72. The summed E-state index contributed by atoms with van der Waals surface area (Å²) in [6.45, 7) is 0.0585. The van der Waals surface area contributed by atoms with E-state index in [9.17, 15) is 14.2 Å². The summed E-state index contributed by atoms with van der Waals surface area (Å²) < 4.78 is 12.8. The van der Waals surface area contributed by atoms with Gasteiger partial charge in [0.15, 0.2) is 6.04 Å². The minimum absolute atomic E-state index is 0.0585. The molecule has 1 aliphatic heterocycles. The lowest BCUT2D eigenvalue weighted by Crippen LogP contribution is -2.48. The molecule has 1 fully saturated rings. The summed E-state index contributed by atoms with van der Waals surface area (Å²) in [5.74, 6) is -1.33. The molecule has 12 heavy (non-hydrogen) atoms. The Hall–Kier alpha value is -1.04. The van der Waals surface area contributed by atoms with Crippen molar-refractivity contribution in [2.45, 2.75) is 24.9 Å². The first-order valence-corrected chi connectivity index (χ1v) is 3.64. The van der Waals surface area contributed by atoms with E-state index in [1.54, 1.807) is 0 Å². The number of carboxylic acid groups (broad SMARTS) is 1. The molecule has 1 saturated heterocycles. The topological polar surface area (TPSA) is 70.0 Å². The normalized spacial score (nSPS) is 31.4. The first kappa shape index (κ1) is 9.05. The van der Waals surface area contributed by atoms with Crippen LogP contribution in [0.3, 0.4) is 0 Å². The molecule has 1 aliphatic rings. The maximum absolute atomic E-state index is 12.8. The highest BCUT2D eigenvalue weighted by Crippen LogP contribution is 2.20. The third kappa shape index (κ3) is 1.58. The number of rotatable bonds is 2. The van der Waals surface area contributed by atoms with Crippen molar-refractivity contribution < 1.29 is 14.4 Å². The third-order valence-electron chi connectivity index (χ3n) is 1.93. The number of hydrogen-bond donors (Lipinski definition) is 1. The van der Waals surface area contributed by atoms with Crippen molar-refractivity contribution in [3.63, 3.8) is 0 Å². The van der Waals surface area contributed by atoms with Crippen LogP contribution in [0, 0.1) is 4.91 Å². The van der Waals surface area contributed by atoms with Crippen LogP contribution < -0.4 is 0 Å². The third-order valence-corrected chi connectivity index (χ3v) is 1.93. The fourth-order valence-electron chi connectivity index (χ4n) is 1.33. The summed E-state index contributed by atoms with van der Waals surface area (Å²) in [5.41, 5.74) is 0. The van der Waals surface area contributed by atoms with Crippen LogP contribution in [0.2, 0.25) is 0 Å². The predicted molar refractivity (Wildman–Crippen MR) is 38.1 cm³/mol. The van der Waals surface area contributed by atoms with Gasteiger partial charge in [-0.1, -0.05) is 5.18 Å². The highest BCUT2D eigenvalue weighted by Gasteiger charge is 2.38. The summed E-state index contributed by atoms with van der Waals surface area (Å²) in [6.07, 6.45) is 0.817. The van der Waals surface area contributed by atoms with E-state index in [1.807, 2.05) is 0 Å². The zero-order valence-corrected chi connectivity index (χ0v) is 6.31. The number of carboxylic acids is 1. The van der Waals surface area contributed by atoms with Gasteiger partial charge in [-0.3, -0.25) is 4.79 Å². The summed E-state index contributed by atoms with van der Waals surface area (Å²) in [7, 11) is 0. The molecular weight excluding hydrogens is 167 g/mol. The SMILES string of the molecule is O=NC1CCCN(F)C1C(=O)O. The van der Waals surface area contributed by atoms with Crippen LogP contribution in [-0.2, 0) is 4.79 Å². The average molecular weight is 176 g/mol. The van der Waals surface area contributed by atoms with E-state index in [0.29, 0.717) is 12.8 Å². The smallest absolute Gasteiger partial charge is 0.326 e. The van der Waals surface area contributed by atoms with Gasteiger partial charge in [-0.15, -0.1) is 9.60 Å². The van der Waals surface area contributed by atoms with Crippen molar-refractivity contribution >= 4 is 5.97 Å². The molecule has 0 aliphatic carbocycles. The van der Waals surface area contributed by atoms with Crippen LogP contribution in [0.5, 0.6) is 0 Å². The van der Waals surface area contributed by atoms with E-state index in [2.05, 4.69) is 5.18 Å². The molecule has 0 spiro atoms. The van der Waals surface area contributed by atoms with Gasteiger partial charge in [0.2, 0.25) is 0 Å². The van der Waals surface area contributed by atoms with E-state index < -0.39 is 18.1 Å². The predicted octanol–water partition coefficient (Wildman–Crippen LogP) is 0.555. The summed E-state index contributed by atoms with van der Waals surface area (Å²) in [4.78, 5) is 20.6. The van der Waals surface area contributed by atoms with Gasteiger partial charge in [-0.05, 0) is 12.8 Å². The molecular formula is C6H9FN2O3. The average Bonchev–Trinajstić information content (AvgIpc) is 2.03. The molecule has 2 unspecified atom stereocenters. The molecule has 1 N–H and O–H groups in total. The Kier molecular flexibility index (Phi) is 2.69. The number of hydrogen-bond acceptors (Lipinski definition) is 4. The largest absolute Gasteiger partial charge is 0.480 e. The summed E-state index contributed by atoms with van der Waals surface area (Å²) in [6, 6.07) is -2.35. The van der Waals surface area contributed by atoms with E-state index in [0.717, 1.165) is 0 Å². The van der Waals surface area contributed by atoms with Crippen LogP contribution in [0.4, 0.5) is 4.48 Å². The Bertz CT molecular complexity index is 199. The second kappa shape index (κ2) is 3.57. The monoisotopic (exact) mass is 176 g/mol. The van der Waals surface area contributed by atoms with Gasteiger partial charge in [-0.25, -0.2) is 0 Å². The van der Waals surface area contributed by atoms with Crippen molar-refractivity contribution in [3.8, 4) is 0 Å². The molecule has 1 rings (SSSR count). The summed E-state index contributed by atoms with van der Waals surface area (Å²) >= 11 is 0. The molecule has 0 aromatic rings. The fourth-order valence-corrected chi connectivity index (χ4v) is 1.33. The molecule has 5 nitrogen and oxygen atoms in total. The molecule has 68 valence electrons. The van der Waals surface area contributed by atoms with E-state index in [-0.39, 0.29) is 11.7 Å². The zero-order chi connectivity index (χ0) is 9.14. The Labute approximate surface area is 68.1 Å². The lowest BCUT2D eigenvalue weighted by Gasteiger charge is -2.28. The zero-order valence-electron chi connectivity index (χ0n) is 6.31. The number of nitrogens with zero attached hydrogens (tertiary/aromatic N) is 2. The van der Waals surface area contributed by atoms with E-state index in [1.165, 1.54) is 0 Å². The molecule has 2 atom stereocenters. The quantitative estimate of drug-likeness (QED) is 0.492. The molecule has 0 radical (unpaired) electrons. The minimum atomic E-state index is -1.39. The van der Waals surface area contributed by atoms with Gasteiger partial charge in [-0.2, -0.15) is 4.91 Å². The van der Waals surface area contributed by atoms with Crippen LogP contribution >= 0.6 is 0 Å². The van der Waals surface area contributed by atoms with Crippen molar-refractivity contribution in [2.24, 2.45) is 5.18 Å². The molecule has 0 aromatic heterocycles. The highest BCUT2D eigenvalue weighted by atomic mass is 19.2. The van der Waals surface area contributed by atoms with Gasteiger partial charge in [0, 0.05) is 6.54 Å². The number of carbonyl (C=O) groups is 1. The minimum Gasteiger partial charge on any atom is -0.480 e. The van der Waals surface area contributed by atoms with Crippen molar-refractivity contribution in [2.75, 3.05) is 6.54 Å². The second-order valence-corrected chi connectivity index (χ2v) is 2.72. The maximum Gasteiger partial charge on any atom is 0.326 e.